The van der Waals surface area contributed by atoms with E-state index >= 15 is 0 Å². The summed E-state index contributed by atoms with van der Waals surface area (Å²) in [5.74, 6) is 0.593. The molecule has 0 saturated heterocycles. The summed E-state index contributed by atoms with van der Waals surface area (Å²) in [5, 5.41) is 10.0. The summed E-state index contributed by atoms with van der Waals surface area (Å²) < 4.78 is 1.88. The van der Waals surface area contributed by atoms with Crippen LogP contribution in [-0.4, -0.2) is 22.4 Å². The van der Waals surface area contributed by atoms with Gasteiger partial charge in [-0.2, -0.15) is 5.10 Å². The lowest BCUT2D eigenvalue weighted by molar-refractivity contribution is 0.240. The molecule has 0 fully saturated rings. The summed E-state index contributed by atoms with van der Waals surface area (Å²) in [4.78, 5) is 11.8. The van der Waals surface area contributed by atoms with Gasteiger partial charge in [0.1, 0.15) is 0 Å². The number of hydrogen-bond donors (Lipinski definition) is 2. The number of benzene rings is 1. The van der Waals surface area contributed by atoms with Gasteiger partial charge < -0.3 is 10.6 Å². The summed E-state index contributed by atoms with van der Waals surface area (Å²) in [6, 6.07) is 9.88. The maximum Gasteiger partial charge on any atom is 0.315 e. The molecule has 2 N–H and O–H groups in total. The molecule has 22 heavy (non-hydrogen) atoms. The van der Waals surface area contributed by atoms with Gasteiger partial charge in [0.05, 0.1) is 6.54 Å². The summed E-state index contributed by atoms with van der Waals surface area (Å²) >= 11 is 0. The maximum absolute atomic E-state index is 11.8. The van der Waals surface area contributed by atoms with Crippen LogP contribution >= 0.6 is 0 Å². The van der Waals surface area contributed by atoms with E-state index in [4.69, 9.17) is 0 Å². The third-order valence-corrected chi connectivity index (χ3v) is 3.46. The van der Waals surface area contributed by atoms with Crippen LogP contribution in [0.15, 0.2) is 42.7 Å². The van der Waals surface area contributed by atoms with Crippen LogP contribution in [0.4, 0.5) is 4.79 Å². The normalized spacial score (nSPS) is 10.7. The van der Waals surface area contributed by atoms with Gasteiger partial charge in [0.2, 0.25) is 0 Å². The second-order valence-corrected chi connectivity index (χ2v) is 5.76. The fourth-order valence-corrected chi connectivity index (χ4v) is 2.17. The van der Waals surface area contributed by atoms with E-state index in [0.29, 0.717) is 25.6 Å². The van der Waals surface area contributed by atoms with Crippen LogP contribution < -0.4 is 10.6 Å². The number of nitrogens with zero attached hydrogens (tertiary/aromatic N) is 2. The van der Waals surface area contributed by atoms with Crippen LogP contribution in [0.3, 0.4) is 0 Å². The highest BCUT2D eigenvalue weighted by Crippen LogP contribution is 2.10. The predicted octanol–water partition coefficient (Wildman–Crippen LogP) is 2.78. The van der Waals surface area contributed by atoms with E-state index in [1.807, 2.05) is 35.1 Å². The summed E-state index contributed by atoms with van der Waals surface area (Å²) in [6.07, 6.45) is 4.69. The van der Waals surface area contributed by atoms with E-state index in [1.54, 1.807) is 6.20 Å². The Hall–Kier alpha value is -2.30. The second-order valence-electron chi connectivity index (χ2n) is 5.76. The standard InChI is InChI=1S/C17H24N4O/c1-14(2)8-10-18-17(22)19-12-15-6-3-4-7-16(15)13-21-11-5-9-20-21/h3-7,9,11,14H,8,10,12-13H2,1-2H3,(H2,18,19,22). The van der Waals surface area contributed by atoms with E-state index in [2.05, 4.69) is 35.6 Å². The van der Waals surface area contributed by atoms with Crippen LogP contribution in [0.25, 0.3) is 0 Å². The zero-order valence-corrected chi connectivity index (χ0v) is 13.2. The lowest BCUT2D eigenvalue weighted by Crippen LogP contribution is -2.36. The minimum Gasteiger partial charge on any atom is -0.338 e. The SMILES string of the molecule is CC(C)CCNC(=O)NCc1ccccc1Cn1cccn1. The molecule has 0 aliphatic heterocycles. The van der Waals surface area contributed by atoms with Crippen molar-refractivity contribution in [3.05, 3.63) is 53.9 Å². The Morgan fingerprint density at radius 1 is 1.18 bits per heavy atom. The van der Waals surface area contributed by atoms with Gasteiger partial charge >= 0.3 is 6.03 Å². The Balaban J connectivity index is 1.86. The minimum absolute atomic E-state index is 0.116. The molecule has 0 radical (unpaired) electrons. The molecule has 1 aromatic carbocycles. The molecule has 0 aliphatic carbocycles. The highest BCUT2D eigenvalue weighted by molar-refractivity contribution is 5.73. The number of carbonyl (C=O) groups excluding carboxylic acids is 1. The van der Waals surface area contributed by atoms with Crippen molar-refractivity contribution in [2.75, 3.05) is 6.54 Å². The van der Waals surface area contributed by atoms with E-state index in [-0.39, 0.29) is 6.03 Å². The van der Waals surface area contributed by atoms with Gasteiger partial charge in [0.25, 0.3) is 0 Å². The molecule has 0 aliphatic rings. The van der Waals surface area contributed by atoms with Gasteiger partial charge in [-0.1, -0.05) is 38.1 Å². The van der Waals surface area contributed by atoms with Gasteiger partial charge in [0, 0.05) is 25.5 Å². The van der Waals surface area contributed by atoms with Crippen molar-refractivity contribution in [3.63, 3.8) is 0 Å². The number of carbonyl (C=O) groups is 1. The molecule has 1 heterocycles. The highest BCUT2D eigenvalue weighted by Gasteiger charge is 2.05. The molecule has 2 aromatic rings. The first-order valence-corrected chi connectivity index (χ1v) is 7.71. The monoisotopic (exact) mass is 300 g/mol. The van der Waals surface area contributed by atoms with E-state index in [1.165, 1.54) is 0 Å². The van der Waals surface area contributed by atoms with Gasteiger partial charge in [0.15, 0.2) is 0 Å². The zero-order chi connectivity index (χ0) is 15.8. The molecule has 5 heteroatoms. The molecular formula is C17H24N4O. The first kappa shape index (κ1) is 16.1. The van der Waals surface area contributed by atoms with E-state index in [0.717, 1.165) is 17.5 Å². The molecule has 0 bridgehead atoms. The molecule has 5 nitrogen and oxygen atoms in total. The Morgan fingerprint density at radius 3 is 2.64 bits per heavy atom. The Morgan fingerprint density at radius 2 is 1.95 bits per heavy atom. The van der Waals surface area contributed by atoms with Crippen LogP contribution in [0.1, 0.15) is 31.4 Å². The quantitative estimate of drug-likeness (QED) is 0.826. The molecular weight excluding hydrogens is 276 g/mol. The molecule has 0 atom stereocenters. The first-order valence-electron chi connectivity index (χ1n) is 7.71. The molecule has 0 unspecified atom stereocenters. The molecule has 2 amide bonds. The third-order valence-electron chi connectivity index (χ3n) is 3.46. The summed E-state index contributed by atoms with van der Waals surface area (Å²) in [7, 11) is 0. The van der Waals surface area contributed by atoms with Gasteiger partial charge in [-0.25, -0.2) is 4.79 Å². The van der Waals surface area contributed by atoms with Crippen molar-refractivity contribution in [1.29, 1.82) is 0 Å². The fraction of sp³-hybridized carbons (Fsp3) is 0.412. The van der Waals surface area contributed by atoms with E-state index in [9.17, 15) is 4.79 Å². The summed E-state index contributed by atoms with van der Waals surface area (Å²) in [6.45, 7) is 6.22. The molecule has 0 spiro atoms. The second kappa shape index (κ2) is 8.22. The maximum atomic E-state index is 11.8. The summed E-state index contributed by atoms with van der Waals surface area (Å²) in [5.41, 5.74) is 2.27. The largest absolute Gasteiger partial charge is 0.338 e. The van der Waals surface area contributed by atoms with Crippen molar-refractivity contribution >= 4 is 6.03 Å². The van der Waals surface area contributed by atoms with Gasteiger partial charge in [-0.15, -0.1) is 0 Å². The number of aromatic nitrogens is 2. The average molecular weight is 300 g/mol. The zero-order valence-electron chi connectivity index (χ0n) is 13.2. The Kier molecular flexibility index (Phi) is 6.01. The smallest absolute Gasteiger partial charge is 0.315 e. The number of nitrogens with one attached hydrogen (secondary N) is 2. The van der Waals surface area contributed by atoms with Crippen LogP contribution in [0, 0.1) is 5.92 Å². The van der Waals surface area contributed by atoms with Crippen LogP contribution in [0.2, 0.25) is 0 Å². The minimum atomic E-state index is -0.116. The molecule has 118 valence electrons. The van der Waals surface area contributed by atoms with Crippen molar-refractivity contribution in [3.8, 4) is 0 Å². The Labute approximate surface area is 131 Å². The first-order chi connectivity index (χ1) is 10.6. The number of amides is 2. The fourth-order valence-electron chi connectivity index (χ4n) is 2.17. The average Bonchev–Trinajstić information content (AvgIpc) is 2.99. The predicted molar refractivity (Wildman–Crippen MR) is 87.5 cm³/mol. The third kappa shape index (κ3) is 5.24. The van der Waals surface area contributed by atoms with Gasteiger partial charge in [-0.05, 0) is 29.5 Å². The topological polar surface area (TPSA) is 59.0 Å². The van der Waals surface area contributed by atoms with E-state index < -0.39 is 0 Å². The van der Waals surface area contributed by atoms with Crippen LogP contribution in [0.5, 0.6) is 0 Å². The van der Waals surface area contributed by atoms with Crippen molar-refractivity contribution < 1.29 is 4.79 Å². The lowest BCUT2D eigenvalue weighted by Gasteiger charge is -2.12. The molecule has 2 rings (SSSR count). The number of hydrogen-bond acceptors (Lipinski definition) is 2. The number of urea groups is 1. The van der Waals surface area contributed by atoms with Gasteiger partial charge in [-0.3, -0.25) is 4.68 Å². The molecule has 1 aromatic heterocycles. The number of rotatable bonds is 7. The Bertz CT molecular complexity index is 578. The lowest BCUT2D eigenvalue weighted by atomic mass is 10.1. The molecule has 0 saturated carbocycles. The van der Waals surface area contributed by atoms with Crippen molar-refractivity contribution in [2.24, 2.45) is 5.92 Å². The van der Waals surface area contributed by atoms with Crippen molar-refractivity contribution in [2.45, 2.75) is 33.4 Å². The van der Waals surface area contributed by atoms with Crippen molar-refractivity contribution in [1.82, 2.24) is 20.4 Å². The van der Waals surface area contributed by atoms with Crippen LogP contribution in [-0.2, 0) is 13.1 Å². The highest BCUT2D eigenvalue weighted by atomic mass is 16.2.